The summed E-state index contributed by atoms with van der Waals surface area (Å²) in [7, 11) is 0. The van der Waals surface area contributed by atoms with Crippen molar-refractivity contribution in [1.82, 2.24) is 13.9 Å². The topological polar surface area (TPSA) is 69.2 Å². The van der Waals surface area contributed by atoms with Gasteiger partial charge in [0.15, 0.2) is 0 Å². The fourth-order valence-electron chi connectivity index (χ4n) is 2.28. The summed E-state index contributed by atoms with van der Waals surface area (Å²) >= 11 is 0. The molecule has 0 saturated heterocycles. The van der Waals surface area contributed by atoms with Gasteiger partial charge in [0.25, 0.3) is 0 Å². The Bertz CT molecular complexity index is 564. The molecule has 2 rings (SSSR count). The number of aliphatic hydroxyl groups excluding tert-OH is 1. The van der Waals surface area contributed by atoms with Crippen molar-refractivity contribution in [3.8, 4) is 0 Å². The molecule has 100 valence electrons. The average Bonchev–Trinajstić information content (AvgIpc) is 2.62. The highest BCUT2D eigenvalue weighted by Gasteiger charge is 2.25. The van der Waals surface area contributed by atoms with Crippen LogP contribution in [0.5, 0.6) is 0 Å². The lowest BCUT2D eigenvalue weighted by Crippen LogP contribution is -2.35. The Labute approximate surface area is 105 Å². The van der Waals surface area contributed by atoms with Gasteiger partial charge in [0.1, 0.15) is 0 Å². The highest BCUT2D eigenvalue weighted by atomic mass is 16.3. The predicted octanol–water partition coefficient (Wildman–Crippen LogP) is 0.276. The molecule has 0 spiro atoms. The standard InChI is InChI=1S/C12H19N3O3/c1-3-4-7-13-11(17)14-9(2)5-6-10(8-16)15(14)12(13)18/h5-6,9-10,16H,3-4,7-8H2,1-2H3/t9-,10-/m1/s1. The quantitative estimate of drug-likeness (QED) is 0.783. The minimum atomic E-state index is -0.440. The zero-order valence-corrected chi connectivity index (χ0v) is 10.7. The van der Waals surface area contributed by atoms with Gasteiger partial charge in [-0.1, -0.05) is 25.5 Å². The number of unbranched alkanes of at least 4 members (excludes halogenated alkanes) is 1. The summed E-state index contributed by atoms with van der Waals surface area (Å²) in [6, 6.07) is -0.597. The molecule has 1 N–H and O–H groups in total. The van der Waals surface area contributed by atoms with E-state index < -0.39 is 6.04 Å². The number of rotatable bonds is 4. The van der Waals surface area contributed by atoms with Gasteiger partial charge in [-0.05, 0) is 13.3 Å². The number of nitrogens with zero attached hydrogens (tertiary/aromatic N) is 3. The summed E-state index contributed by atoms with van der Waals surface area (Å²) in [5, 5.41) is 9.29. The Morgan fingerprint density at radius 2 is 1.89 bits per heavy atom. The molecule has 0 radical (unpaired) electrons. The molecule has 1 aliphatic heterocycles. The summed E-state index contributed by atoms with van der Waals surface area (Å²) in [6.45, 7) is 4.12. The normalized spacial score (nSPS) is 22.2. The molecule has 0 unspecified atom stereocenters. The van der Waals surface area contributed by atoms with Crippen LogP contribution in [0.4, 0.5) is 0 Å². The number of aromatic nitrogens is 3. The van der Waals surface area contributed by atoms with Crippen LogP contribution in [0.3, 0.4) is 0 Å². The Kier molecular flexibility index (Phi) is 3.56. The fourth-order valence-corrected chi connectivity index (χ4v) is 2.28. The van der Waals surface area contributed by atoms with Gasteiger partial charge in [0, 0.05) is 6.54 Å². The number of allylic oxidation sites excluding steroid dienone is 1. The van der Waals surface area contributed by atoms with Crippen molar-refractivity contribution < 1.29 is 5.11 Å². The fraction of sp³-hybridized carbons (Fsp3) is 0.667. The molecule has 0 aromatic carbocycles. The van der Waals surface area contributed by atoms with E-state index in [9.17, 15) is 14.7 Å². The van der Waals surface area contributed by atoms with Crippen molar-refractivity contribution in [2.24, 2.45) is 0 Å². The first kappa shape index (κ1) is 12.9. The van der Waals surface area contributed by atoms with Crippen LogP contribution < -0.4 is 11.4 Å². The van der Waals surface area contributed by atoms with Crippen LogP contribution in [0.2, 0.25) is 0 Å². The van der Waals surface area contributed by atoms with E-state index in [-0.39, 0.29) is 24.0 Å². The molecule has 18 heavy (non-hydrogen) atoms. The van der Waals surface area contributed by atoms with Gasteiger partial charge < -0.3 is 5.11 Å². The zero-order valence-electron chi connectivity index (χ0n) is 10.7. The largest absolute Gasteiger partial charge is 0.394 e. The summed E-state index contributed by atoms with van der Waals surface area (Å²) < 4.78 is 4.05. The van der Waals surface area contributed by atoms with Gasteiger partial charge in [-0.3, -0.25) is 0 Å². The van der Waals surface area contributed by atoms with E-state index in [2.05, 4.69) is 0 Å². The SMILES string of the molecule is CCCCn1c(=O)n2n(c1=O)[C@@H](CO)C=C[C@H]2C. The maximum absolute atomic E-state index is 12.2. The molecule has 1 aliphatic rings. The number of hydrogen-bond acceptors (Lipinski definition) is 3. The van der Waals surface area contributed by atoms with Crippen LogP contribution in [0.15, 0.2) is 21.7 Å². The van der Waals surface area contributed by atoms with Crippen LogP contribution in [-0.2, 0) is 6.54 Å². The lowest BCUT2D eigenvalue weighted by Gasteiger charge is -2.23. The molecule has 6 nitrogen and oxygen atoms in total. The summed E-state index contributed by atoms with van der Waals surface area (Å²) in [5.74, 6) is 0. The number of hydrogen-bond donors (Lipinski definition) is 1. The molecule has 2 heterocycles. The highest BCUT2D eigenvalue weighted by Crippen LogP contribution is 2.16. The first-order valence-corrected chi connectivity index (χ1v) is 6.34. The minimum absolute atomic E-state index is 0.157. The van der Waals surface area contributed by atoms with Crippen molar-refractivity contribution in [3.63, 3.8) is 0 Å². The van der Waals surface area contributed by atoms with E-state index in [4.69, 9.17) is 0 Å². The molecule has 0 aliphatic carbocycles. The van der Waals surface area contributed by atoms with E-state index in [1.165, 1.54) is 13.9 Å². The van der Waals surface area contributed by atoms with Crippen molar-refractivity contribution in [3.05, 3.63) is 33.1 Å². The number of fused-ring (bicyclic) bond motifs is 1. The Hall–Kier alpha value is -1.56. The van der Waals surface area contributed by atoms with Crippen LogP contribution in [-0.4, -0.2) is 25.6 Å². The smallest absolute Gasteiger partial charge is 0.347 e. The third-order valence-corrected chi connectivity index (χ3v) is 3.32. The van der Waals surface area contributed by atoms with E-state index in [1.807, 2.05) is 19.9 Å². The van der Waals surface area contributed by atoms with Gasteiger partial charge in [-0.2, -0.15) is 0 Å². The Balaban J connectivity index is 2.57. The van der Waals surface area contributed by atoms with Crippen LogP contribution in [0.25, 0.3) is 0 Å². The maximum Gasteiger partial charge on any atom is 0.347 e. The van der Waals surface area contributed by atoms with E-state index in [0.29, 0.717) is 6.54 Å². The van der Waals surface area contributed by atoms with E-state index in [0.717, 1.165) is 12.8 Å². The molecular weight excluding hydrogens is 234 g/mol. The summed E-state index contributed by atoms with van der Waals surface area (Å²) in [4.78, 5) is 24.4. The first-order valence-electron chi connectivity index (χ1n) is 6.34. The summed E-state index contributed by atoms with van der Waals surface area (Å²) in [6.07, 6.45) is 5.33. The molecule has 0 fully saturated rings. The molecular formula is C12H19N3O3. The van der Waals surface area contributed by atoms with Gasteiger partial charge in [-0.15, -0.1) is 0 Å². The molecule has 2 atom stereocenters. The minimum Gasteiger partial charge on any atom is -0.394 e. The second kappa shape index (κ2) is 4.97. The van der Waals surface area contributed by atoms with Crippen molar-refractivity contribution >= 4 is 0 Å². The monoisotopic (exact) mass is 253 g/mol. The Morgan fingerprint density at radius 1 is 1.22 bits per heavy atom. The van der Waals surface area contributed by atoms with E-state index >= 15 is 0 Å². The van der Waals surface area contributed by atoms with Gasteiger partial charge >= 0.3 is 11.4 Å². The van der Waals surface area contributed by atoms with E-state index in [1.54, 1.807) is 6.08 Å². The second-order valence-electron chi connectivity index (χ2n) is 4.63. The lowest BCUT2D eigenvalue weighted by molar-refractivity contribution is 0.216. The third kappa shape index (κ3) is 1.86. The van der Waals surface area contributed by atoms with Crippen molar-refractivity contribution in [2.45, 2.75) is 45.3 Å². The number of aliphatic hydroxyl groups is 1. The first-order chi connectivity index (χ1) is 8.61. The van der Waals surface area contributed by atoms with Crippen LogP contribution >= 0.6 is 0 Å². The van der Waals surface area contributed by atoms with Gasteiger partial charge in [0.05, 0.1) is 18.7 Å². The molecule has 0 saturated carbocycles. The molecule has 1 aromatic rings. The zero-order chi connectivity index (χ0) is 13.3. The maximum atomic E-state index is 12.2. The molecule has 1 aromatic heterocycles. The molecule has 0 amide bonds. The average molecular weight is 253 g/mol. The summed E-state index contributed by atoms with van der Waals surface area (Å²) in [5.41, 5.74) is -0.618. The Morgan fingerprint density at radius 3 is 2.50 bits per heavy atom. The van der Waals surface area contributed by atoms with Crippen LogP contribution in [0, 0.1) is 0 Å². The van der Waals surface area contributed by atoms with Crippen molar-refractivity contribution in [1.29, 1.82) is 0 Å². The lowest BCUT2D eigenvalue weighted by atomic mass is 10.2. The highest BCUT2D eigenvalue weighted by molar-refractivity contribution is 5.03. The van der Waals surface area contributed by atoms with Crippen molar-refractivity contribution in [2.75, 3.05) is 6.61 Å². The second-order valence-corrected chi connectivity index (χ2v) is 4.63. The third-order valence-electron chi connectivity index (χ3n) is 3.32. The predicted molar refractivity (Wildman–Crippen MR) is 67.8 cm³/mol. The molecule has 6 heteroatoms. The van der Waals surface area contributed by atoms with Gasteiger partial charge in [-0.25, -0.2) is 23.5 Å². The van der Waals surface area contributed by atoms with Crippen LogP contribution in [0.1, 0.15) is 38.8 Å². The molecule has 0 bridgehead atoms. The van der Waals surface area contributed by atoms with Gasteiger partial charge in [0.2, 0.25) is 0 Å².